The Kier molecular flexibility index (Phi) is 3.96. The van der Waals surface area contributed by atoms with Gasteiger partial charge < -0.3 is 10.4 Å². The predicted octanol–water partition coefficient (Wildman–Crippen LogP) is 0.900. The summed E-state index contributed by atoms with van der Waals surface area (Å²) in [7, 11) is -3.64. The molecule has 2 rings (SSSR count). The number of aliphatic hydroxyl groups is 1. The lowest BCUT2D eigenvalue weighted by atomic mass is 9.80. The highest BCUT2D eigenvalue weighted by atomic mass is 32.2. The van der Waals surface area contributed by atoms with Gasteiger partial charge in [0.1, 0.15) is 0 Å². The summed E-state index contributed by atoms with van der Waals surface area (Å²) in [6.45, 7) is 2.54. The Hall–Kier alpha value is -0.950. The van der Waals surface area contributed by atoms with E-state index in [0.717, 1.165) is 24.8 Å². The number of sulfonamides is 1. The quantitative estimate of drug-likeness (QED) is 0.749. The zero-order valence-corrected chi connectivity index (χ0v) is 11.8. The third kappa shape index (κ3) is 3.54. The van der Waals surface area contributed by atoms with E-state index >= 15 is 0 Å². The Morgan fingerprint density at radius 2 is 1.95 bits per heavy atom. The SMILES string of the molecule is CC(NCC1(O)CCC1)c1ccc(S(N)(=O)=O)cc1. The highest BCUT2D eigenvalue weighted by Gasteiger charge is 2.34. The van der Waals surface area contributed by atoms with Crippen molar-refractivity contribution in [3.05, 3.63) is 29.8 Å². The van der Waals surface area contributed by atoms with Crippen molar-refractivity contribution >= 4 is 10.0 Å². The first-order valence-corrected chi connectivity index (χ1v) is 7.93. The van der Waals surface area contributed by atoms with Crippen molar-refractivity contribution in [2.45, 2.75) is 42.7 Å². The standard InChI is InChI=1S/C13H20N2O3S/c1-10(15-9-13(16)7-2-8-13)11-3-5-12(6-4-11)19(14,17)18/h3-6,10,15-16H,2,7-9H2,1H3,(H2,14,17,18). The van der Waals surface area contributed by atoms with Gasteiger partial charge in [-0.25, -0.2) is 13.6 Å². The largest absolute Gasteiger partial charge is 0.389 e. The molecular formula is C13H20N2O3S. The Labute approximate surface area is 113 Å². The third-order valence-electron chi connectivity index (χ3n) is 3.73. The minimum absolute atomic E-state index is 0.0548. The second-order valence-electron chi connectivity index (χ2n) is 5.29. The van der Waals surface area contributed by atoms with Gasteiger partial charge in [-0.1, -0.05) is 12.1 Å². The zero-order valence-electron chi connectivity index (χ0n) is 11.0. The first-order valence-electron chi connectivity index (χ1n) is 6.39. The molecule has 0 heterocycles. The van der Waals surface area contributed by atoms with E-state index in [0.29, 0.717) is 6.54 Å². The molecule has 1 aliphatic rings. The van der Waals surface area contributed by atoms with Crippen molar-refractivity contribution < 1.29 is 13.5 Å². The summed E-state index contributed by atoms with van der Waals surface area (Å²) in [6, 6.07) is 6.53. The number of hydrogen-bond acceptors (Lipinski definition) is 4. The third-order valence-corrected chi connectivity index (χ3v) is 4.66. The van der Waals surface area contributed by atoms with Gasteiger partial charge in [0.25, 0.3) is 0 Å². The molecular weight excluding hydrogens is 264 g/mol. The molecule has 0 radical (unpaired) electrons. The van der Waals surface area contributed by atoms with Crippen molar-refractivity contribution in [3.8, 4) is 0 Å². The average molecular weight is 284 g/mol. The van der Waals surface area contributed by atoms with Crippen LogP contribution in [0.4, 0.5) is 0 Å². The molecule has 0 aromatic heterocycles. The van der Waals surface area contributed by atoms with Crippen molar-refractivity contribution in [1.29, 1.82) is 0 Å². The molecule has 0 saturated heterocycles. The van der Waals surface area contributed by atoms with Gasteiger partial charge in [-0.3, -0.25) is 0 Å². The number of rotatable bonds is 5. The van der Waals surface area contributed by atoms with Crippen LogP contribution in [-0.4, -0.2) is 25.7 Å². The second kappa shape index (κ2) is 5.20. The molecule has 1 fully saturated rings. The molecule has 0 aliphatic heterocycles. The first-order chi connectivity index (χ1) is 8.80. The van der Waals surface area contributed by atoms with E-state index < -0.39 is 15.6 Å². The maximum absolute atomic E-state index is 11.1. The summed E-state index contributed by atoms with van der Waals surface area (Å²) < 4.78 is 22.3. The molecule has 106 valence electrons. The minimum atomic E-state index is -3.64. The summed E-state index contributed by atoms with van der Waals surface area (Å²) in [4.78, 5) is 0.112. The van der Waals surface area contributed by atoms with Crippen LogP contribution in [-0.2, 0) is 10.0 Å². The van der Waals surface area contributed by atoms with Gasteiger partial charge in [0, 0.05) is 12.6 Å². The van der Waals surface area contributed by atoms with Gasteiger partial charge >= 0.3 is 0 Å². The maximum Gasteiger partial charge on any atom is 0.238 e. The van der Waals surface area contributed by atoms with Crippen LogP contribution in [0.2, 0.25) is 0 Å². The van der Waals surface area contributed by atoms with E-state index in [9.17, 15) is 13.5 Å². The number of hydrogen-bond donors (Lipinski definition) is 3. The van der Waals surface area contributed by atoms with E-state index in [4.69, 9.17) is 5.14 Å². The first kappa shape index (κ1) is 14.5. The monoisotopic (exact) mass is 284 g/mol. The van der Waals surface area contributed by atoms with Crippen molar-refractivity contribution in [2.75, 3.05) is 6.54 Å². The lowest BCUT2D eigenvalue weighted by molar-refractivity contribution is -0.0329. The Morgan fingerprint density at radius 1 is 1.37 bits per heavy atom. The van der Waals surface area contributed by atoms with Gasteiger partial charge in [-0.2, -0.15) is 0 Å². The van der Waals surface area contributed by atoms with Crippen LogP contribution < -0.4 is 10.5 Å². The number of nitrogens with two attached hydrogens (primary N) is 1. The van der Waals surface area contributed by atoms with Crippen LogP contribution in [0.5, 0.6) is 0 Å². The molecule has 1 unspecified atom stereocenters. The van der Waals surface area contributed by atoms with Crippen LogP contribution in [0.1, 0.15) is 37.8 Å². The van der Waals surface area contributed by atoms with E-state index in [1.165, 1.54) is 12.1 Å². The van der Waals surface area contributed by atoms with Crippen molar-refractivity contribution in [2.24, 2.45) is 5.14 Å². The fourth-order valence-electron chi connectivity index (χ4n) is 2.17. The van der Waals surface area contributed by atoms with Gasteiger partial charge in [0.15, 0.2) is 0 Å². The lowest BCUT2D eigenvalue weighted by Gasteiger charge is -2.37. The number of benzene rings is 1. The van der Waals surface area contributed by atoms with Crippen LogP contribution in [0.15, 0.2) is 29.2 Å². The van der Waals surface area contributed by atoms with E-state index in [1.54, 1.807) is 12.1 Å². The maximum atomic E-state index is 11.1. The predicted molar refractivity (Wildman–Crippen MR) is 73.0 cm³/mol. The molecule has 1 aliphatic carbocycles. The van der Waals surface area contributed by atoms with Crippen LogP contribution in [0.25, 0.3) is 0 Å². The fraction of sp³-hybridized carbons (Fsp3) is 0.538. The fourth-order valence-corrected chi connectivity index (χ4v) is 2.68. The Bertz CT molecular complexity index is 536. The average Bonchev–Trinajstić information content (AvgIpc) is 2.33. The van der Waals surface area contributed by atoms with Crippen LogP contribution in [0.3, 0.4) is 0 Å². The summed E-state index contributed by atoms with van der Waals surface area (Å²) in [5.74, 6) is 0. The molecule has 4 N–H and O–H groups in total. The zero-order chi connectivity index (χ0) is 14.1. The molecule has 1 aromatic carbocycles. The summed E-state index contributed by atoms with van der Waals surface area (Å²) >= 11 is 0. The van der Waals surface area contributed by atoms with E-state index in [2.05, 4.69) is 5.32 Å². The molecule has 0 bridgehead atoms. The molecule has 1 atom stereocenters. The summed E-state index contributed by atoms with van der Waals surface area (Å²) in [5.41, 5.74) is 0.407. The van der Waals surface area contributed by atoms with Gasteiger partial charge in [-0.15, -0.1) is 0 Å². The Balaban J connectivity index is 1.97. The molecule has 1 aromatic rings. The Morgan fingerprint density at radius 3 is 2.37 bits per heavy atom. The topological polar surface area (TPSA) is 92.4 Å². The number of primary sulfonamides is 1. The molecule has 1 saturated carbocycles. The van der Waals surface area contributed by atoms with Gasteiger partial charge in [-0.05, 0) is 43.9 Å². The van der Waals surface area contributed by atoms with Crippen LogP contribution in [0, 0.1) is 0 Å². The van der Waals surface area contributed by atoms with E-state index in [1.807, 2.05) is 6.92 Å². The smallest absolute Gasteiger partial charge is 0.238 e. The molecule has 0 spiro atoms. The molecule has 6 heteroatoms. The van der Waals surface area contributed by atoms with Gasteiger partial charge in [0.05, 0.1) is 10.5 Å². The highest BCUT2D eigenvalue weighted by molar-refractivity contribution is 7.89. The van der Waals surface area contributed by atoms with Crippen molar-refractivity contribution in [1.82, 2.24) is 5.32 Å². The minimum Gasteiger partial charge on any atom is -0.389 e. The lowest BCUT2D eigenvalue weighted by Crippen LogP contribution is -2.46. The molecule has 5 nitrogen and oxygen atoms in total. The normalized spacial score (nSPS) is 19.7. The second-order valence-corrected chi connectivity index (χ2v) is 6.86. The highest BCUT2D eigenvalue weighted by Crippen LogP contribution is 2.31. The van der Waals surface area contributed by atoms with E-state index in [-0.39, 0.29) is 10.9 Å². The number of nitrogens with one attached hydrogen (secondary N) is 1. The molecule has 0 amide bonds. The summed E-state index contributed by atoms with van der Waals surface area (Å²) in [6.07, 6.45) is 2.77. The van der Waals surface area contributed by atoms with Gasteiger partial charge in [0.2, 0.25) is 10.0 Å². The summed E-state index contributed by atoms with van der Waals surface area (Å²) in [5, 5.41) is 18.3. The van der Waals surface area contributed by atoms with Crippen molar-refractivity contribution in [3.63, 3.8) is 0 Å². The van der Waals surface area contributed by atoms with Crippen LogP contribution >= 0.6 is 0 Å². The molecule has 19 heavy (non-hydrogen) atoms.